The number of nitrogens with zero attached hydrogens (tertiary/aromatic N) is 3. The molecule has 1 amide bonds. The number of anilines is 2. The molecule has 7 nitrogen and oxygen atoms in total. The molecule has 0 radical (unpaired) electrons. The monoisotopic (exact) mass is 432 g/mol. The molecule has 1 saturated heterocycles. The Morgan fingerprint density at radius 2 is 2.03 bits per heavy atom. The van der Waals surface area contributed by atoms with Crippen molar-refractivity contribution in [2.75, 3.05) is 29.9 Å². The van der Waals surface area contributed by atoms with Crippen LogP contribution in [-0.4, -0.2) is 36.9 Å². The molecule has 162 valence electrons. The van der Waals surface area contributed by atoms with Crippen LogP contribution in [-0.2, 0) is 15.8 Å². The maximum Gasteiger partial charge on any atom is 0.417 e. The lowest BCUT2D eigenvalue weighted by atomic mass is 9.95. The van der Waals surface area contributed by atoms with Gasteiger partial charge in [0.1, 0.15) is 18.2 Å². The first-order valence-corrected chi connectivity index (χ1v) is 9.51. The van der Waals surface area contributed by atoms with Crippen LogP contribution in [0.1, 0.15) is 24.0 Å². The van der Waals surface area contributed by atoms with Gasteiger partial charge in [-0.2, -0.15) is 18.4 Å². The number of alkyl halides is 3. The zero-order valence-electron chi connectivity index (χ0n) is 16.4. The second-order valence-electron chi connectivity index (χ2n) is 6.95. The highest BCUT2D eigenvalue weighted by Gasteiger charge is 2.34. The summed E-state index contributed by atoms with van der Waals surface area (Å²) in [6.45, 7) is 0.732. The number of amides is 1. The van der Waals surface area contributed by atoms with E-state index < -0.39 is 17.3 Å². The number of halogens is 3. The SMILES string of the molecule is N#Cc1ccc(N2CCC(C(=O)Nc3ccc(OCC=O)cn3)CC2)cc1C(F)(F)F. The first-order chi connectivity index (χ1) is 14.8. The van der Waals surface area contributed by atoms with E-state index in [0.29, 0.717) is 49.5 Å². The average Bonchev–Trinajstić information content (AvgIpc) is 2.77. The van der Waals surface area contributed by atoms with Crippen molar-refractivity contribution < 1.29 is 27.5 Å². The zero-order chi connectivity index (χ0) is 22.4. The molecule has 1 aromatic heterocycles. The van der Waals surface area contributed by atoms with Gasteiger partial charge in [0.2, 0.25) is 5.91 Å². The fourth-order valence-electron chi connectivity index (χ4n) is 3.36. The van der Waals surface area contributed by atoms with Crippen LogP contribution < -0.4 is 15.0 Å². The van der Waals surface area contributed by atoms with E-state index in [9.17, 15) is 22.8 Å². The van der Waals surface area contributed by atoms with E-state index in [4.69, 9.17) is 10.00 Å². The number of pyridine rings is 1. The Hall–Kier alpha value is -3.61. The summed E-state index contributed by atoms with van der Waals surface area (Å²) in [7, 11) is 0. The molecule has 2 heterocycles. The molecule has 0 spiro atoms. The van der Waals surface area contributed by atoms with Gasteiger partial charge in [0.25, 0.3) is 0 Å². The molecular weight excluding hydrogens is 413 g/mol. The molecule has 31 heavy (non-hydrogen) atoms. The number of carbonyl (C=O) groups excluding carboxylic acids is 2. The van der Waals surface area contributed by atoms with Crippen molar-refractivity contribution in [2.24, 2.45) is 5.92 Å². The van der Waals surface area contributed by atoms with Gasteiger partial charge in [-0.1, -0.05) is 0 Å². The summed E-state index contributed by atoms with van der Waals surface area (Å²) in [6, 6.07) is 8.36. The minimum absolute atomic E-state index is 0.0876. The predicted octanol–water partition coefficient (Wildman–Crippen LogP) is 3.40. The number of piperidine rings is 1. The van der Waals surface area contributed by atoms with Gasteiger partial charge in [-0.3, -0.25) is 9.59 Å². The van der Waals surface area contributed by atoms with E-state index in [0.717, 1.165) is 6.07 Å². The molecule has 0 bridgehead atoms. The Morgan fingerprint density at radius 3 is 2.61 bits per heavy atom. The fourth-order valence-corrected chi connectivity index (χ4v) is 3.36. The molecule has 1 fully saturated rings. The van der Waals surface area contributed by atoms with E-state index in [1.54, 1.807) is 23.1 Å². The van der Waals surface area contributed by atoms with Crippen LogP contribution in [0.15, 0.2) is 36.5 Å². The molecule has 1 aliphatic rings. The first kappa shape index (κ1) is 22.1. The zero-order valence-corrected chi connectivity index (χ0v) is 16.4. The van der Waals surface area contributed by atoms with E-state index in [2.05, 4.69) is 10.3 Å². The number of ether oxygens (including phenoxy) is 1. The summed E-state index contributed by atoms with van der Waals surface area (Å²) in [4.78, 5) is 28.6. The second-order valence-corrected chi connectivity index (χ2v) is 6.95. The summed E-state index contributed by atoms with van der Waals surface area (Å²) >= 11 is 0. The molecule has 3 rings (SSSR count). The lowest BCUT2D eigenvalue weighted by molar-refractivity contribution is -0.137. The van der Waals surface area contributed by atoms with Crippen molar-refractivity contribution in [3.8, 4) is 11.8 Å². The molecular formula is C21H19F3N4O3. The largest absolute Gasteiger partial charge is 0.485 e. The van der Waals surface area contributed by atoms with Gasteiger partial charge in [-0.15, -0.1) is 0 Å². The van der Waals surface area contributed by atoms with Gasteiger partial charge >= 0.3 is 6.18 Å². The van der Waals surface area contributed by atoms with Crippen molar-refractivity contribution in [3.05, 3.63) is 47.7 Å². The van der Waals surface area contributed by atoms with Crippen molar-refractivity contribution >= 4 is 23.7 Å². The molecule has 0 unspecified atom stereocenters. The van der Waals surface area contributed by atoms with Crippen LogP contribution >= 0.6 is 0 Å². The normalized spacial score (nSPS) is 14.6. The van der Waals surface area contributed by atoms with E-state index in [1.807, 2.05) is 0 Å². The van der Waals surface area contributed by atoms with Crippen LogP contribution in [0.25, 0.3) is 0 Å². The lowest BCUT2D eigenvalue weighted by Gasteiger charge is -2.33. The van der Waals surface area contributed by atoms with E-state index in [-0.39, 0.29) is 18.4 Å². The summed E-state index contributed by atoms with van der Waals surface area (Å²) in [6.07, 6.45) is -1.67. The van der Waals surface area contributed by atoms with E-state index >= 15 is 0 Å². The van der Waals surface area contributed by atoms with Crippen LogP contribution in [0.5, 0.6) is 5.75 Å². The molecule has 0 atom stereocenters. The van der Waals surface area contributed by atoms with Crippen LogP contribution in [0.4, 0.5) is 24.7 Å². The van der Waals surface area contributed by atoms with E-state index in [1.165, 1.54) is 18.3 Å². The number of carbonyl (C=O) groups is 2. The summed E-state index contributed by atoms with van der Waals surface area (Å²) in [5, 5.41) is 11.6. The highest BCUT2D eigenvalue weighted by atomic mass is 19.4. The second kappa shape index (κ2) is 9.47. The number of hydrogen-bond acceptors (Lipinski definition) is 6. The molecule has 10 heteroatoms. The number of nitriles is 1. The predicted molar refractivity (Wildman–Crippen MR) is 106 cm³/mol. The van der Waals surface area contributed by atoms with Gasteiger partial charge in [0.05, 0.1) is 23.4 Å². The highest BCUT2D eigenvalue weighted by Crippen LogP contribution is 2.35. The Labute approximate surface area is 176 Å². The molecule has 1 aliphatic heterocycles. The van der Waals surface area contributed by atoms with Gasteiger partial charge in [-0.05, 0) is 43.2 Å². The summed E-state index contributed by atoms with van der Waals surface area (Å²) < 4.78 is 44.7. The fraction of sp³-hybridized carbons (Fsp3) is 0.333. The van der Waals surface area contributed by atoms with Gasteiger partial charge < -0.3 is 15.0 Å². The highest BCUT2D eigenvalue weighted by molar-refractivity contribution is 5.91. The Kier molecular flexibility index (Phi) is 6.74. The third-order valence-corrected chi connectivity index (χ3v) is 4.97. The topological polar surface area (TPSA) is 95.3 Å². The molecule has 0 saturated carbocycles. The number of nitrogens with one attached hydrogen (secondary N) is 1. The maximum absolute atomic E-state index is 13.2. The Morgan fingerprint density at radius 1 is 1.29 bits per heavy atom. The minimum atomic E-state index is -4.61. The lowest BCUT2D eigenvalue weighted by Crippen LogP contribution is -2.38. The number of aldehydes is 1. The minimum Gasteiger partial charge on any atom is -0.485 e. The summed E-state index contributed by atoms with van der Waals surface area (Å²) in [5.41, 5.74) is -1.00. The number of aromatic nitrogens is 1. The quantitative estimate of drug-likeness (QED) is 0.703. The maximum atomic E-state index is 13.2. The van der Waals surface area contributed by atoms with Gasteiger partial charge in [0, 0.05) is 24.7 Å². The van der Waals surface area contributed by atoms with Crippen LogP contribution in [0, 0.1) is 17.2 Å². The van der Waals surface area contributed by atoms with Crippen molar-refractivity contribution in [2.45, 2.75) is 19.0 Å². The van der Waals surface area contributed by atoms with Crippen molar-refractivity contribution in [1.82, 2.24) is 4.98 Å². The summed E-state index contributed by atoms with van der Waals surface area (Å²) in [5.74, 6) is 0.223. The van der Waals surface area contributed by atoms with Crippen molar-refractivity contribution in [1.29, 1.82) is 5.26 Å². The molecule has 1 aromatic carbocycles. The van der Waals surface area contributed by atoms with Crippen LogP contribution in [0.3, 0.4) is 0 Å². The van der Waals surface area contributed by atoms with Gasteiger partial charge in [0.15, 0.2) is 6.29 Å². The van der Waals surface area contributed by atoms with Crippen LogP contribution in [0.2, 0.25) is 0 Å². The van der Waals surface area contributed by atoms with Gasteiger partial charge in [-0.25, -0.2) is 4.98 Å². The van der Waals surface area contributed by atoms with Crippen molar-refractivity contribution in [3.63, 3.8) is 0 Å². The number of rotatable bonds is 6. The number of hydrogen-bond donors (Lipinski definition) is 1. The average molecular weight is 432 g/mol. The smallest absolute Gasteiger partial charge is 0.417 e. The first-order valence-electron chi connectivity index (χ1n) is 9.51. The Bertz CT molecular complexity index is 979. The standard InChI is InChI=1S/C21H19F3N4O3/c22-21(23,24)18-11-16(2-1-15(18)12-25)28-7-5-14(6-8-28)20(30)27-19-4-3-17(13-26-19)31-10-9-29/h1-4,9,11,13-14H,5-8,10H2,(H,26,27,30). The molecule has 0 aliphatic carbocycles. The third kappa shape index (κ3) is 5.51. The molecule has 2 aromatic rings. The Balaban J connectivity index is 1.59. The third-order valence-electron chi connectivity index (χ3n) is 4.97. The molecule has 1 N–H and O–H groups in total. The number of benzene rings is 1.